The predicted octanol–water partition coefficient (Wildman–Crippen LogP) is 3.54. The Labute approximate surface area is 161 Å². The van der Waals surface area contributed by atoms with E-state index in [1.54, 1.807) is 21.9 Å². The Bertz CT molecular complexity index is 839. The summed E-state index contributed by atoms with van der Waals surface area (Å²) in [7, 11) is 0. The van der Waals surface area contributed by atoms with E-state index in [-0.39, 0.29) is 34.4 Å². The van der Waals surface area contributed by atoms with Crippen LogP contribution in [0.5, 0.6) is 0 Å². The largest absolute Gasteiger partial charge is 0.341 e. The first-order chi connectivity index (χ1) is 13.0. The summed E-state index contributed by atoms with van der Waals surface area (Å²) in [5.41, 5.74) is 0.197. The van der Waals surface area contributed by atoms with Crippen LogP contribution in [0.4, 0.5) is 8.78 Å². The van der Waals surface area contributed by atoms with E-state index in [9.17, 15) is 18.4 Å². The van der Waals surface area contributed by atoms with Crippen molar-refractivity contribution in [2.75, 3.05) is 26.2 Å². The number of carbonyl (C=O) groups is 2. The van der Waals surface area contributed by atoms with Crippen LogP contribution in [0, 0.1) is 11.6 Å². The van der Waals surface area contributed by atoms with Crippen molar-refractivity contribution in [1.82, 2.24) is 9.80 Å². The molecule has 0 radical (unpaired) electrons. The molecule has 142 valence electrons. The topological polar surface area (TPSA) is 40.6 Å². The van der Waals surface area contributed by atoms with Gasteiger partial charge in [0.25, 0.3) is 5.91 Å². The lowest BCUT2D eigenvalue weighted by atomic mass is 10.1. The Morgan fingerprint density at radius 2 is 1.56 bits per heavy atom. The van der Waals surface area contributed by atoms with Crippen LogP contribution in [-0.2, 0) is 11.2 Å². The molecule has 27 heavy (non-hydrogen) atoms. The molecule has 0 N–H and O–H groups in total. The van der Waals surface area contributed by atoms with Gasteiger partial charge in [-0.3, -0.25) is 9.59 Å². The second-order valence-electron chi connectivity index (χ2n) is 6.38. The molecule has 7 heteroatoms. The van der Waals surface area contributed by atoms with Gasteiger partial charge in [0.05, 0.1) is 12.0 Å². The van der Waals surface area contributed by atoms with Crippen molar-refractivity contribution in [3.8, 4) is 0 Å². The fraction of sp³-hybridized carbons (Fsp3) is 0.300. The maximum Gasteiger partial charge on any atom is 0.256 e. The molecule has 1 aliphatic heterocycles. The Hall–Kier alpha value is -2.47. The van der Waals surface area contributed by atoms with E-state index < -0.39 is 11.6 Å². The molecule has 0 bridgehead atoms. The number of rotatable bonds is 3. The van der Waals surface area contributed by atoms with Crippen LogP contribution >= 0.6 is 11.6 Å². The maximum absolute atomic E-state index is 13.9. The minimum absolute atomic E-state index is 0.0235. The van der Waals surface area contributed by atoms with E-state index >= 15 is 0 Å². The van der Waals surface area contributed by atoms with Crippen LogP contribution in [0.1, 0.15) is 22.3 Å². The SMILES string of the molecule is O=C(Cc1c(F)cccc1Cl)N1CCCN(C(=O)c2ccccc2F)CC1. The van der Waals surface area contributed by atoms with Gasteiger partial charge in [-0.2, -0.15) is 0 Å². The molecule has 1 fully saturated rings. The molecule has 4 nitrogen and oxygen atoms in total. The molecule has 1 heterocycles. The van der Waals surface area contributed by atoms with Crippen molar-refractivity contribution >= 4 is 23.4 Å². The zero-order valence-corrected chi connectivity index (χ0v) is 15.4. The molecule has 0 saturated carbocycles. The second-order valence-corrected chi connectivity index (χ2v) is 6.79. The minimum atomic E-state index is -0.561. The Balaban J connectivity index is 1.65. The van der Waals surface area contributed by atoms with Gasteiger partial charge in [-0.25, -0.2) is 8.78 Å². The summed E-state index contributed by atoms with van der Waals surface area (Å²) < 4.78 is 27.8. The Morgan fingerprint density at radius 3 is 2.30 bits per heavy atom. The average molecular weight is 393 g/mol. The molecule has 0 atom stereocenters. The fourth-order valence-corrected chi connectivity index (χ4v) is 3.37. The highest BCUT2D eigenvalue weighted by atomic mass is 35.5. The number of hydrogen-bond donors (Lipinski definition) is 0. The van der Waals surface area contributed by atoms with Crippen LogP contribution in [-0.4, -0.2) is 47.8 Å². The van der Waals surface area contributed by atoms with Crippen LogP contribution in [0.15, 0.2) is 42.5 Å². The third-order valence-corrected chi connectivity index (χ3v) is 4.98. The number of nitrogens with zero attached hydrogens (tertiary/aromatic N) is 2. The molecule has 0 unspecified atom stereocenters. The van der Waals surface area contributed by atoms with Crippen molar-refractivity contribution in [2.24, 2.45) is 0 Å². The van der Waals surface area contributed by atoms with E-state index in [2.05, 4.69) is 0 Å². The zero-order chi connectivity index (χ0) is 19.4. The van der Waals surface area contributed by atoms with E-state index in [1.165, 1.54) is 30.3 Å². The van der Waals surface area contributed by atoms with Gasteiger partial charge in [0.2, 0.25) is 5.91 Å². The summed E-state index contributed by atoms with van der Waals surface area (Å²) in [4.78, 5) is 28.2. The quantitative estimate of drug-likeness (QED) is 0.801. The summed E-state index contributed by atoms with van der Waals surface area (Å²) in [6.45, 7) is 1.48. The molecule has 1 saturated heterocycles. The van der Waals surface area contributed by atoms with Crippen molar-refractivity contribution in [2.45, 2.75) is 12.8 Å². The zero-order valence-electron chi connectivity index (χ0n) is 14.6. The van der Waals surface area contributed by atoms with Gasteiger partial charge in [0.1, 0.15) is 11.6 Å². The average Bonchev–Trinajstić information content (AvgIpc) is 2.91. The Kier molecular flexibility index (Phi) is 6.06. The lowest BCUT2D eigenvalue weighted by molar-refractivity contribution is -0.130. The number of halogens is 3. The number of carbonyl (C=O) groups excluding carboxylic acids is 2. The summed E-state index contributed by atoms with van der Waals surface area (Å²) in [5, 5.41) is 0.217. The third-order valence-electron chi connectivity index (χ3n) is 4.63. The van der Waals surface area contributed by atoms with Gasteiger partial charge in [-0.15, -0.1) is 0 Å². The molecular formula is C20H19ClF2N2O2. The van der Waals surface area contributed by atoms with E-state index in [4.69, 9.17) is 11.6 Å². The monoisotopic (exact) mass is 392 g/mol. The van der Waals surface area contributed by atoms with Gasteiger partial charge >= 0.3 is 0 Å². The van der Waals surface area contributed by atoms with Crippen LogP contribution in [0.25, 0.3) is 0 Å². The number of amides is 2. The molecule has 0 aromatic heterocycles. The van der Waals surface area contributed by atoms with E-state index in [1.807, 2.05) is 0 Å². The fourth-order valence-electron chi connectivity index (χ4n) is 3.14. The van der Waals surface area contributed by atoms with E-state index in [0.29, 0.717) is 32.6 Å². The number of hydrogen-bond acceptors (Lipinski definition) is 2. The molecule has 3 rings (SSSR count). The smallest absolute Gasteiger partial charge is 0.256 e. The summed E-state index contributed by atoms with van der Waals surface area (Å²) in [5.74, 6) is -1.71. The summed E-state index contributed by atoms with van der Waals surface area (Å²) >= 11 is 5.99. The lowest BCUT2D eigenvalue weighted by Crippen LogP contribution is -2.38. The highest BCUT2D eigenvalue weighted by Gasteiger charge is 2.25. The van der Waals surface area contributed by atoms with Crippen molar-refractivity contribution in [3.63, 3.8) is 0 Å². The third kappa shape index (κ3) is 4.45. The molecule has 1 aliphatic rings. The summed E-state index contributed by atoms with van der Waals surface area (Å²) in [6.07, 6.45) is 0.434. The first-order valence-electron chi connectivity index (χ1n) is 8.72. The molecule has 0 aliphatic carbocycles. The van der Waals surface area contributed by atoms with Crippen LogP contribution in [0.3, 0.4) is 0 Å². The van der Waals surface area contributed by atoms with E-state index in [0.717, 1.165) is 0 Å². The first kappa shape index (κ1) is 19.3. The first-order valence-corrected chi connectivity index (χ1v) is 9.09. The minimum Gasteiger partial charge on any atom is -0.341 e. The predicted molar refractivity (Wildman–Crippen MR) is 98.6 cm³/mol. The van der Waals surface area contributed by atoms with Gasteiger partial charge in [-0.1, -0.05) is 29.8 Å². The maximum atomic E-state index is 13.9. The summed E-state index contributed by atoms with van der Waals surface area (Å²) in [6, 6.07) is 10.1. The van der Waals surface area contributed by atoms with Gasteiger partial charge < -0.3 is 9.80 Å². The molecular weight excluding hydrogens is 374 g/mol. The highest BCUT2D eigenvalue weighted by molar-refractivity contribution is 6.31. The molecule has 2 aromatic rings. The van der Waals surface area contributed by atoms with Gasteiger partial charge in [0, 0.05) is 36.8 Å². The molecule has 0 spiro atoms. The Morgan fingerprint density at radius 1 is 0.889 bits per heavy atom. The van der Waals surface area contributed by atoms with Crippen molar-refractivity contribution in [3.05, 3.63) is 70.2 Å². The van der Waals surface area contributed by atoms with Crippen LogP contribution in [0.2, 0.25) is 5.02 Å². The number of benzene rings is 2. The van der Waals surface area contributed by atoms with Gasteiger partial charge in [0.15, 0.2) is 0 Å². The van der Waals surface area contributed by atoms with Crippen molar-refractivity contribution < 1.29 is 18.4 Å². The molecule has 2 amide bonds. The standard InChI is InChI=1S/C20H19ClF2N2O2/c21-16-6-3-8-18(23)15(16)13-19(26)24-9-4-10-25(12-11-24)20(27)14-5-1-2-7-17(14)22/h1-3,5-8H,4,9-13H2. The second kappa shape index (κ2) is 8.48. The van der Waals surface area contributed by atoms with Crippen molar-refractivity contribution in [1.29, 1.82) is 0 Å². The molecule has 2 aromatic carbocycles. The lowest BCUT2D eigenvalue weighted by Gasteiger charge is -2.22. The normalized spacial score (nSPS) is 14.8. The van der Waals surface area contributed by atoms with Gasteiger partial charge in [-0.05, 0) is 30.7 Å². The highest BCUT2D eigenvalue weighted by Crippen LogP contribution is 2.21. The van der Waals surface area contributed by atoms with Crippen LogP contribution < -0.4 is 0 Å².